The van der Waals surface area contributed by atoms with Gasteiger partial charge in [0.05, 0.1) is 18.5 Å². The first-order valence-corrected chi connectivity index (χ1v) is 4.39. The van der Waals surface area contributed by atoms with E-state index < -0.39 is 0 Å². The summed E-state index contributed by atoms with van der Waals surface area (Å²) in [6.07, 6.45) is 4.98. The van der Waals surface area contributed by atoms with Gasteiger partial charge in [-0.15, -0.1) is 0 Å². The maximum absolute atomic E-state index is 5.15. The van der Waals surface area contributed by atoms with Crippen LogP contribution in [-0.4, -0.2) is 6.61 Å². The van der Waals surface area contributed by atoms with Crippen LogP contribution >= 0.6 is 11.9 Å². The van der Waals surface area contributed by atoms with Crippen molar-refractivity contribution >= 4 is 11.9 Å². The Kier molecular flexibility index (Phi) is 14.4. The van der Waals surface area contributed by atoms with E-state index in [9.17, 15) is 0 Å². The van der Waals surface area contributed by atoms with E-state index >= 15 is 0 Å². The van der Waals surface area contributed by atoms with Crippen LogP contribution in [0, 0.1) is 5.92 Å². The van der Waals surface area contributed by atoms with Crippen molar-refractivity contribution in [2.75, 3.05) is 6.61 Å². The topological polar surface area (TPSA) is 9.23 Å². The largest absolute Gasteiger partial charge is 0.279 e. The van der Waals surface area contributed by atoms with Crippen molar-refractivity contribution in [2.24, 2.45) is 5.92 Å². The Hall–Kier alpha value is 0.964. The first kappa shape index (κ1) is 14.5. The van der Waals surface area contributed by atoms with Crippen LogP contribution in [0.2, 0.25) is 0 Å². The maximum Gasteiger partial charge on any atom is 0.0710 e. The second-order valence-corrected chi connectivity index (χ2v) is 2.91. The van der Waals surface area contributed by atoms with Crippen molar-refractivity contribution in [3.8, 4) is 0 Å². The average molecular weight is 213 g/mol. The van der Waals surface area contributed by atoms with Crippen LogP contribution in [0.3, 0.4) is 0 Å². The second kappa shape index (κ2) is 11.0. The van der Waals surface area contributed by atoms with Gasteiger partial charge in [-0.2, -0.15) is 0 Å². The van der Waals surface area contributed by atoms with Gasteiger partial charge in [-0.25, -0.2) is 0 Å². The molecule has 0 rings (SSSR count). The van der Waals surface area contributed by atoms with Crippen LogP contribution in [0.15, 0.2) is 0 Å². The van der Waals surface area contributed by atoms with E-state index in [0.29, 0.717) is 12.5 Å². The third-order valence-corrected chi connectivity index (χ3v) is 1.97. The molecular formula is C8H17ClOTi. The molecule has 0 aliphatic rings. The van der Waals surface area contributed by atoms with Crippen LogP contribution in [0.5, 0.6) is 0 Å². The molecule has 0 saturated carbocycles. The maximum atomic E-state index is 5.15. The third-order valence-electron chi connectivity index (χ3n) is 1.84. The van der Waals surface area contributed by atoms with Gasteiger partial charge in [0.15, 0.2) is 0 Å². The summed E-state index contributed by atoms with van der Waals surface area (Å²) in [5, 5.41) is 0. The van der Waals surface area contributed by atoms with Gasteiger partial charge in [-0.1, -0.05) is 33.1 Å². The van der Waals surface area contributed by atoms with Crippen LogP contribution in [0.25, 0.3) is 0 Å². The molecule has 0 amide bonds. The molecule has 0 aromatic rings. The van der Waals surface area contributed by atoms with Gasteiger partial charge >= 0.3 is 0 Å². The summed E-state index contributed by atoms with van der Waals surface area (Å²) in [4.78, 5) is 0. The van der Waals surface area contributed by atoms with E-state index in [-0.39, 0.29) is 21.7 Å². The monoisotopic (exact) mass is 212 g/mol. The predicted octanol–water partition coefficient (Wildman–Crippen LogP) is 3.37. The molecule has 0 aromatic carbocycles. The Labute approximate surface area is 89.9 Å². The van der Waals surface area contributed by atoms with Crippen LogP contribution in [-0.2, 0) is 26.0 Å². The van der Waals surface area contributed by atoms with Crippen LogP contribution < -0.4 is 0 Å². The van der Waals surface area contributed by atoms with E-state index in [2.05, 4.69) is 18.1 Å². The van der Waals surface area contributed by atoms with Crippen LogP contribution in [0.1, 0.15) is 39.5 Å². The van der Waals surface area contributed by atoms with Gasteiger partial charge in [0.1, 0.15) is 0 Å². The summed E-state index contributed by atoms with van der Waals surface area (Å²) in [6, 6.07) is 0. The first-order chi connectivity index (χ1) is 4.85. The van der Waals surface area contributed by atoms with Gasteiger partial charge in [0.2, 0.25) is 0 Å². The smallest absolute Gasteiger partial charge is 0.0710 e. The Bertz CT molecular complexity index is 71.1. The van der Waals surface area contributed by atoms with Gasteiger partial charge < -0.3 is 0 Å². The molecule has 0 spiro atoms. The Morgan fingerprint density at radius 3 is 2.36 bits per heavy atom. The van der Waals surface area contributed by atoms with Crippen molar-refractivity contribution in [3.63, 3.8) is 0 Å². The molecule has 0 N–H and O–H groups in total. The minimum atomic E-state index is 0. The molecular weight excluding hydrogens is 195 g/mol. The fraction of sp³-hybridized carbons (Fsp3) is 1.00. The third kappa shape index (κ3) is 8.87. The molecule has 3 heteroatoms. The zero-order valence-electron chi connectivity index (χ0n) is 7.40. The molecule has 0 aromatic heterocycles. The summed E-state index contributed by atoms with van der Waals surface area (Å²) in [5.41, 5.74) is 0. The summed E-state index contributed by atoms with van der Waals surface area (Å²) < 4.78 is 4.56. The molecule has 0 saturated heterocycles. The van der Waals surface area contributed by atoms with Crippen molar-refractivity contribution in [3.05, 3.63) is 0 Å². The Morgan fingerprint density at radius 1 is 1.36 bits per heavy atom. The number of hydrogen-bond donors (Lipinski definition) is 0. The van der Waals surface area contributed by atoms with E-state index in [4.69, 9.17) is 11.9 Å². The van der Waals surface area contributed by atoms with E-state index in [0.717, 1.165) is 0 Å². The molecule has 1 atom stereocenters. The minimum absolute atomic E-state index is 0. The first-order valence-electron chi connectivity index (χ1n) is 4.08. The molecule has 1 unspecified atom stereocenters. The fourth-order valence-electron chi connectivity index (χ4n) is 0.987. The zero-order chi connectivity index (χ0) is 7.82. The zero-order valence-corrected chi connectivity index (χ0v) is 9.72. The number of rotatable bonds is 6. The minimum Gasteiger partial charge on any atom is -0.279 e. The average Bonchev–Trinajstić information content (AvgIpc) is 1.98. The van der Waals surface area contributed by atoms with Crippen molar-refractivity contribution < 1.29 is 26.0 Å². The summed E-state index contributed by atoms with van der Waals surface area (Å²) >= 11 is 5.15. The summed E-state index contributed by atoms with van der Waals surface area (Å²) in [7, 11) is 0. The molecule has 0 aliphatic carbocycles. The Balaban J connectivity index is 0. The van der Waals surface area contributed by atoms with Gasteiger partial charge in [0.25, 0.3) is 0 Å². The number of hydrogen-bond acceptors (Lipinski definition) is 1. The normalized spacial score (nSPS) is 12.3. The molecule has 0 aliphatic heterocycles. The van der Waals surface area contributed by atoms with Crippen molar-refractivity contribution in [1.82, 2.24) is 0 Å². The molecule has 1 nitrogen and oxygen atoms in total. The quantitative estimate of drug-likeness (QED) is 0.614. The number of unbranched alkanes of at least 4 members (excludes halogenated alkanes) is 1. The predicted molar refractivity (Wildman–Crippen MR) is 45.1 cm³/mol. The standard InChI is InChI=1S/C8H17ClO.Ti/c1-3-5-6-8(4-2)7-10-9;/h8H,3-7H2,1-2H3;. The molecule has 0 fully saturated rings. The van der Waals surface area contributed by atoms with E-state index in [1.54, 1.807) is 0 Å². The summed E-state index contributed by atoms with van der Waals surface area (Å²) in [6.45, 7) is 5.09. The van der Waals surface area contributed by atoms with Crippen molar-refractivity contribution in [2.45, 2.75) is 39.5 Å². The Morgan fingerprint density at radius 2 is 2.00 bits per heavy atom. The second-order valence-electron chi connectivity index (χ2n) is 2.69. The van der Waals surface area contributed by atoms with E-state index in [1.807, 2.05) is 0 Å². The van der Waals surface area contributed by atoms with Gasteiger partial charge in [0, 0.05) is 21.7 Å². The molecule has 11 heavy (non-hydrogen) atoms. The van der Waals surface area contributed by atoms with Crippen molar-refractivity contribution in [1.29, 1.82) is 0 Å². The van der Waals surface area contributed by atoms with Gasteiger partial charge in [-0.05, 0) is 12.3 Å². The van der Waals surface area contributed by atoms with E-state index in [1.165, 1.54) is 25.7 Å². The molecule has 0 bridgehead atoms. The molecule has 0 heterocycles. The SMILES string of the molecule is CCCCC(CC)COCl.[Ti]. The molecule has 0 radical (unpaired) electrons. The van der Waals surface area contributed by atoms with Gasteiger partial charge in [-0.3, -0.25) is 4.29 Å². The van der Waals surface area contributed by atoms with Crippen LogP contribution in [0.4, 0.5) is 0 Å². The summed E-state index contributed by atoms with van der Waals surface area (Å²) in [5.74, 6) is 0.664. The molecule has 66 valence electrons. The number of halogens is 1. The fourth-order valence-corrected chi connectivity index (χ4v) is 1.17.